The maximum atomic E-state index is 14.0. The smallest absolute Gasteiger partial charge is 0.193 e. The van der Waals surface area contributed by atoms with Crippen LogP contribution in [0.2, 0.25) is 0 Å². The Bertz CT molecular complexity index is 639. The molecule has 2 aliphatic heterocycles. The first-order valence-corrected chi connectivity index (χ1v) is 9.88. The fourth-order valence-electron chi connectivity index (χ4n) is 3.95. The molecule has 0 saturated carbocycles. The van der Waals surface area contributed by atoms with E-state index in [0.717, 1.165) is 58.4 Å². The Morgan fingerprint density at radius 1 is 1.25 bits per heavy atom. The zero-order valence-electron chi connectivity index (χ0n) is 17.1. The summed E-state index contributed by atoms with van der Waals surface area (Å²) >= 11 is 0. The lowest BCUT2D eigenvalue weighted by Crippen LogP contribution is -2.56. The minimum Gasteiger partial charge on any atom is -0.379 e. The third-order valence-corrected chi connectivity index (χ3v) is 5.52. The summed E-state index contributed by atoms with van der Waals surface area (Å²) in [6, 6.07) is 7.86. The molecule has 0 amide bonds. The molecule has 158 valence electrons. The van der Waals surface area contributed by atoms with E-state index in [1.54, 1.807) is 6.07 Å². The number of hydrogen-bond donors (Lipinski definition) is 1. The number of nitrogens with zero attached hydrogens (tertiary/aromatic N) is 4. The van der Waals surface area contributed by atoms with Crippen LogP contribution < -0.4 is 10.2 Å². The van der Waals surface area contributed by atoms with E-state index >= 15 is 0 Å². The fourth-order valence-corrected chi connectivity index (χ4v) is 3.95. The summed E-state index contributed by atoms with van der Waals surface area (Å²) < 4.78 is 19.5. The molecule has 2 saturated heterocycles. The van der Waals surface area contributed by atoms with E-state index in [2.05, 4.69) is 38.9 Å². The number of nitrogens with one attached hydrogen (secondary N) is 1. The van der Waals surface area contributed by atoms with Crippen molar-refractivity contribution < 1.29 is 9.13 Å². The van der Waals surface area contributed by atoms with Crippen molar-refractivity contribution in [2.75, 3.05) is 64.4 Å². The van der Waals surface area contributed by atoms with Crippen molar-refractivity contribution in [2.24, 2.45) is 4.99 Å². The molecule has 0 aromatic heterocycles. The van der Waals surface area contributed by atoms with Crippen molar-refractivity contribution in [2.45, 2.75) is 25.9 Å². The molecule has 2 fully saturated rings. The van der Waals surface area contributed by atoms with Crippen LogP contribution in [0, 0.1) is 5.82 Å². The second-order valence-electron chi connectivity index (χ2n) is 7.36. The normalized spacial score (nSPS) is 22.6. The molecule has 1 aromatic carbocycles. The quantitative estimate of drug-likeness (QED) is 0.387. The SMILES string of the molecule is CN=C(NCC(C)N1CCOCC1C)N1CCN(c2ccccc2F)CC1.I. The number of hydrogen-bond acceptors (Lipinski definition) is 4. The largest absolute Gasteiger partial charge is 0.379 e. The molecule has 0 bridgehead atoms. The Balaban J connectivity index is 0.00000280. The maximum Gasteiger partial charge on any atom is 0.193 e. The topological polar surface area (TPSA) is 43.3 Å². The van der Waals surface area contributed by atoms with Crippen LogP contribution in [0.3, 0.4) is 0 Å². The van der Waals surface area contributed by atoms with Crippen LogP contribution >= 0.6 is 24.0 Å². The van der Waals surface area contributed by atoms with Gasteiger partial charge in [-0.05, 0) is 26.0 Å². The molecular formula is C20H33FIN5O. The molecule has 0 spiro atoms. The summed E-state index contributed by atoms with van der Waals surface area (Å²) in [5.74, 6) is 0.776. The van der Waals surface area contributed by atoms with Crippen molar-refractivity contribution >= 4 is 35.6 Å². The molecule has 0 radical (unpaired) electrons. The summed E-state index contributed by atoms with van der Waals surface area (Å²) in [6.07, 6.45) is 0. The minimum absolute atomic E-state index is 0. The second-order valence-corrected chi connectivity index (χ2v) is 7.36. The number of guanidine groups is 1. The molecule has 2 unspecified atom stereocenters. The van der Waals surface area contributed by atoms with Gasteiger partial charge in [0.05, 0.1) is 18.9 Å². The molecule has 28 heavy (non-hydrogen) atoms. The summed E-state index contributed by atoms with van der Waals surface area (Å²) in [7, 11) is 1.83. The van der Waals surface area contributed by atoms with Gasteiger partial charge in [-0.3, -0.25) is 9.89 Å². The predicted octanol–water partition coefficient (Wildman–Crippen LogP) is 2.25. The van der Waals surface area contributed by atoms with Crippen LogP contribution in [0.15, 0.2) is 29.3 Å². The van der Waals surface area contributed by atoms with Gasteiger partial charge in [-0.1, -0.05) is 12.1 Å². The van der Waals surface area contributed by atoms with Gasteiger partial charge in [0.2, 0.25) is 0 Å². The van der Waals surface area contributed by atoms with Gasteiger partial charge in [-0.2, -0.15) is 0 Å². The van der Waals surface area contributed by atoms with Crippen LogP contribution in [0.5, 0.6) is 0 Å². The average molecular weight is 505 g/mol. The highest BCUT2D eigenvalue weighted by atomic mass is 127. The number of benzene rings is 1. The molecule has 8 heteroatoms. The molecule has 1 N–H and O–H groups in total. The van der Waals surface area contributed by atoms with Gasteiger partial charge in [-0.15, -0.1) is 24.0 Å². The molecule has 6 nitrogen and oxygen atoms in total. The van der Waals surface area contributed by atoms with Gasteiger partial charge < -0.3 is 19.9 Å². The Hall–Kier alpha value is -1.13. The number of rotatable bonds is 4. The number of ether oxygens (including phenoxy) is 1. The summed E-state index contributed by atoms with van der Waals surface area (Å²) in [4.78, 5) is 11.3. The standard InChI is InChI=1S/C20H32FN5O.HI/c1-16(26-12-13-27-15-17(26)2)14-23-20(22-3)25-10-8-24(9-11-25)19-7-5-4-6-18(19)21;/h4-7,16-17H,8-15H2,1-3H3,(H,22,23);1H. The number of piperazine rings is 1. The first-order chi connectivity index (χ1) is 13.1. The van der Waals surface area contributed by atoms with Gasteiger partial charge in [-0.25, -0.2) is 4.39 Å². The van der Waals surface area contributed by atoms with Crippen molar-refractivity contribution in [3.05, 3.63) is 30.1 Å². The first-order valence-electron chi connectivity index (χ1n) is 9.88. The van der Waals surface area contributed by atoms with E-state index in [0.29, 0.717) is 17.8 Å². The lowest BCUT2D eigenvalue weighted by Gasteiger charge is -2.40. The van der Waals surface area contributed by atoms with E-state index in [4.69, 9.17) is 4.74 Å². The molecule has 2 heterocycles. The number of para-hydroxylation sites is 1. The Kier molecular flexibility index (Phi) is 9.23. The van der Waals surface area contributed by atoms with Crippen LogP contribution in [0.4, 0.5) is 10.1 Å². The molecular weight excluding hydrogens is 472 g/mol. The molecule has 2 aliphatic rings. The van der Waals surface area contributed by atoms with Crippen molar-refractivity contribution in [3.63, 3.8) is 0 Å². The van der Waals surface area contributed by atoms with E-state index in [-0.39, 0.29) is 29.8 Å². The summed E-state index contributed by atoms with van der Waals surface area (Å²) in [6.45, 7) is 11.1. The Morgan fingerprint density at radius 2 is 1.96 bits per heavy atom. The van der Waals surface area contributed by atoms with Crippen LogP contribution in [-0.2, 0) is 4.74 Å². The lowest BCUT2D eigenvalue weighted by molar-refractivity contribution is -0.0175. The van der Waals surface area contributed by atoms with E-state index < -0.39 is 0 Å². The fraction of sp³-hybridized carbons (Fsp3) is 0.650. The number of anilines is 1. The van der Waals surface area contributed by atoms with Crippen molar-refractivity contribution in [3.8, 4) is 0 Å². The molecule has 0 aliphatic carbocycles. The number of aliphatic imine (C=N–C) groups is 1. The Morgan fingerprint density at radius 3 is 2.61 bits per heavy atom. The van der Waals surface area contributed by atoms with E-state index in [1.165, 1.54) is 6.07 Å². The highest BCUT2D eigenvalue weighted by Crippen LogP contribution is 2.20. The van der Waals surface area contributed by atoms with Gasteiger partial charge in [0, 0.05) is 58.4 Å². The van der Waals surface area contributed by atoms with Crippen LogP contribution in [-0.4, -0.2) is 87.4 Å². The number of morpholine rings is 1. The molecule has 3 rings (SSSR count). The summed E-state index contributed by atoms with van der Waals surface area (Å²) in [5.41, 5.74) is 0.690. The minimum atomic E-state index is -0.151. The third kappa shape index (κ3) is 5.70. The highest BCUT2D eigenvalue weighted by Gasteiger charge is 2.25. The highest BCUT2D eigenvalue weighted by molar-refractivity contribution is 14.0. The number of halogens is 2. The lowest BCUT2D eigenvalue weighted by atomic mass is 10.2. The molecule has 1 aromatic rings. The summed E-state index contributed by atoms with van der Waals surface area (Å²) in [5, 5.41) is 3.52. The Labute approximate surface area is 185 Å². The predicted molar refractivity (Wildman–Crippen MR) is 123 cm³/mol. The monoisotopic (exact) mass is 505 g/mol. The third-order valence-electron chi connectivity index (χ3n) is 5.52. The molecule has 2 atom stereocenters. The maximum absolute atomic E-state index is 14.0. The van der Waals surface area contributed by atoms with Crippen molar-refractivity contribution in [1.29, 1.82) is 0 Å². The van der Waals surface area contributed by atoms with Gasteiger partial charge in [0.15, 0.2) is 5.96 Å². The van der Waals surface area contributed by atoms with E-state index in [9.17, 15) is 4.39 Å². The zero-order chi connectivity index (χ0) is 19.2. The van der Waals surface area contributed by atoms with Crippen LogP contribution in [0.1, 0.15) is 13.8 Å². The van der Waals surface area contributed by atoms with E-state index in [1.807, 2.05) is 19.2 Å². The zero-order valence-corrected chi connectivity index (χ0v) is 19.4. The first kappa shape index (κ1) is 23.2. The van der Waals surface area contributed by atoms with Gasteiger partial charge >= 0.3 is 0 Å². The van der Waals surface area contributed by atoms with Gasteiger partial charge in [0.25, 0.3) is 0 Å². The van der Waals surface area contributed by atoms with Crippen molar-refractivity contribution in [1.82, 2.24) is 15.1 Å². The van der Waals surface area contributed by atoms with Crippen LogP contribution in [0.25, 0.3) is 0 Å². The second kappa shape index (κ2) is 11.2. The average Bonchev–Trinajstić information content (AvgIpc) is 2.69. The van der Waals surface area contributed by atoms with Gasteiger partial charge in [0.1, 0.15) is 5.82 Å².